The third kappa shape index (κ3) is 45.7. The summed E-state index contributed by atoms with van der Waals surface area (Å²) in [4.78, 5) is 221. The fraction of sp³-hybridized carbons (Fsp3) is 0.702. The third-order valence-electron chi connectivity index (χ3n) is 20.2. The lowest BCUT2D eigenvalue weighted by molar-refractivity contribution is -0.136. The van der Waals surface area contributed by atoms with Crippen LogP contribution in [0.2, 0.25) is 0 Å². The maximum atomic E-state index is 15.1. The van der Waals surface area contributed by atoms with E-state index < -0.39 is 143 Å². The van der Waals surface area contributed by atoms with Crippen molar-refractivity contribution in [2.45, 2.75) is 323 Å². The molecule has 29 N–H and O–H groups in total. The summed E-state index contributed by atoms with van der Waals surface area (Å²) < 4.78 is 0. The van der Waals surface area contributed by atoms with Gasteiger partial charge in [0.1, 0.15) is 72.5 Å². The van der Waals surface area contributed by atoms with Crippen molar-refractivity contribution in [2.24, 2.45) is 90.6 Å². The Balaban J connectivity index is 2.02. The highest BCUT2D eigenvalue weighted by Gasteiger charge is 2.39. The smallest absolute Gasteiger partial charge is 0.243 e. The Hall–Kier alpha value is -11.4. The Bertz CT molecular complexity index is 3860. The number of carbonyl (C=O) groups is 13. The monoisotopic (exact) mass is 1760 g/mol. The molecule has 0 aliphatic rings. The van der Waals surface area contributed by atoms with E-state index in [2.05, 4.69) is 116 Å². The first-order valence-corrected chi connectivity index (χ1v) is 44.2. The first kappa shape index (κ1) is 108. The summed E-state index contributed by atoms with van der Waals surface area (Å²) in [5.74, 6) is -11.8. The fourth-order valence-electron chi connectivity index (χ4n) is 13.9. The summed E-state index contributed by atoms with van der Waals surface area (Å²) in [6, 6.07) is -16.0. The average Bonchev–Trinajstić information content (AvgIpc) is 1.65. The second-order valence-corrected chi connectivity index (χ2v) is 34.7. The van der Waals surface area contributed by atoms with E-state index in [1.165, 1.54) is 63.3 Å². The van der Waals surface area contributed by atoms with Crippen molar-refractivity contribution in [2.75, 3.05) is 19.6 Å². The number of amides is 13. The summed E-state index contributed by atoms with van der Waals surface area (Å²) in [5, 5.41) is 33.4. The highest BCUT2D eigenvalue weighted by molar-refractivity contribution is 6.00. The van der Waals surface area contributed by atoms with Gasteiger partial charge < -0.3 is 119 Å². The Kier molecular flexibility index (Phi) is 50.5. The van der Waals surface area contributed by atoms with Crippen LogP contribution < -0.4 is 104 Å². The van der Waals surface area contributed by atoms with Crippen molar-refractivity contribution in [1.82, 2.24) is 93.7 Å². The van der Waals surface area contributed by atoms with Gasteiger partial charge >= 0.3 is 0 Å². The average molecular weight is 1760 g/mol. The van der Waals surface area contributed by atoms with E-state index in [0.717, 1.165) is 25.7 Å². The minimum absolute atomic E-state index is 0.00771. The van der Waals surface area contributed by atoms with Crippen molar-refractivity contribution in [3.8, 4) is 0 Å². The molecule has 41 heteroatoms. The largest absolute Gasteiger partial charge is 0.370 e. The van der Waals surface area contributed by atoms with Crippen LogP contribution in [0, 0.1) is 35.5 Å². The van der Waals surface area contributed by atoms with E-state index in [1.54, 1.807) is 41.5 Å². The summed E-state index contributed by atoms with van der Waals surface area (Å²) in [6.07, 6.45) is 18.2. The van der Waals surface area contributed by atoms with Crippen LogP contribution in [0.5, 0.6) is 0 Å². The molecule has 0 aliphatic carbocycles. The number of carbonyl (C=O) groups excluding carboxylic acids is 13. The van der Waals surface area contributed by atoms with E-state index in [4.69, 9.17) is 40.1 Å². The minimum Gasteiger partial charge on any atom is -0.370 e. The summed E-state index contributed by atoms with van der Waals surface area (Å²) in [5.41, 5.74) is 40.8. The molecule has 0 radical (unpaired) electrons. The highest BCUT2D eigenvalue weighted by Crippen LogP contribution is 2.18. The lowest BCUT2D eigenvalue weighted by Crippen LogP contribution is -2.61. The molecule has 125 heavy (non-hydrogen) atoms. The minimum atomic E-state index is -1.51. The Labute approximate surface area is 735 Å². The maximum absolute atomic E-state index is 15.1. The van der Waals surface area contributed by atoms with Gasteiger partial charge in [-0.1, -0.05) is 141 Å². The molecule has 0 bridgehead atoms. The molecule has 0 aliphatic heterocycles. The number of primary amides is 1. The molecule has 0 spiro atoms. The molecule has 13 amide bonds. The molecule has 0 fully saturated rings. The molecule has 41 nitrogen and oxygen atoms in total. The zero-order chi connectivity index (χ0) is 93.3. The second-order valence-electron chi connectivity index (χ2n) is 34.7. The molecule has 3 heterocycles. The van der Waals surface area contributed by atoms with Gasteiger partial charge in [0, 0.05) is 81.0 Å². The molecule has 0 saturated heterocycles. The number of aromatic nitrogens is 6. The molecule has 12 atom stereocenters. The van der Waals surface area contributed by atoms with Gasteiger partial charge in [-0.05, 0) is 119 Å². The molecule has 0 unspecified atom stereocenters. The summed E-state index contributed by atoms with van der Waals surface area (Å²) in [7, 11) is 0. The molecule has 0 aromatic carbocycles. The molecule has 0 saturated carbocycles. The van der Waals surface area contributed by atoms with Crippen molar-refractivity contribution in [3.63, 3.8) is 0 Å². The van der Waals surface area contributed by atoms with Gasteiger partial charge in [0.15, 0.2) is 17.9 Å². The number of nitrogens with one attached hydrogen (secondary N) is 15. The lowest BCUT2D eigenvalue weighted by Gasteiger charge is -2.29. The third-order valence-corrected chi connectivity index (χ3v) is 20.2. The van der Waals surface area contributed by atoms with E-state index in [0.29, 0.717) is 23.5 Å². The van der Waals surface area contributed by atoms with E-state index in [-0.39, 0.29) is 182 Å². The van der Waals surface area contributed by atoms with Gasteiger partial charge in [-0.25, -0.2) is 15.0 Å². The van der Waals surface area contributed by atoms with Crippen LogP contribution in [0.4, 0.5) is 0 Å². The van der Waals surface area contributed by atoms with Gasteiger partial charge in [-0.15, -0.1) is 0 Å². The summed E-state index contributed by atoms with van der Waals surface area (Å²) in [6.45, 7) is 24.1. The molecule has 702 valence electrons. The van der Waals surface area contributed by atoms with Gasteiger partial charge in [0.25, 0.3) is 0 Å². The first-order chi connectivity index (χ1) is 59.1. The van der Waals surface area contributed by atoms with Crippen molar-refractivity contribution < 1.29 is 62.3 Å². The van der Waals surface area contributed by atoms with Gasteiger partial charge in [-0.3, -0.25) is 77.3 Å². The van der Waals surface area contributed by atoms with Crippen LogP contribution in [0.3, 0.4) is 0 Å². The maximum Gasteiger partial charge on any atom is 0.243 e. The van der Waals surface area contributed by atoms with Crippen LogP contribution in [0.1, 0.15) is 248 Å². The quantitative estimate of drug-likeness (QED) is 0.0208. The number of nitrogens with zero attached hydrogens (tertiary/aromatic N) is 6. The number of unbranched alkanes of at least 4 members (excludes halogenated alkanes) is 8. The van der Waals surface area contributed by atoms with Crippen molar-refractivity contribution >= 4 is 94.7 Å². The zero-order valence-corrected chi connectivity index (χ0v) is 75.7. The number of imidazole rings is 3. The summed E-state index contributed by atoms with van der Waals surface area (Å²) >= 11 is 0. The molecule has 3 aromatic rings. The second kappa shape index (κ2) is 58.6. The normalized spacial score (nSPS) is 14.3. The van der Waals surface area contributed by atoms with Gasteiger partial charge in [-0.2, -0.15) is 0 Å². The van der Waals surface area contributed by atoms with Gasteiger partial charge in [0.05, 0.1) is 19.0 Å². The van der Waals surface area contributed by atoms with Gasteiger partial charge in [0.2, 0.25) is 76.8 Å². The number of H-pyrrole nitrogens is 3. The highest BCUT2D eigenvalue weighted by atomic mass is 16.2. The van der Waals surface area contributed by atoms with E-state index in [1.807, 2.05) is 41.5 Å². The molecular formula is C84H148N28O13. The van der Waals surface area contributed by atoms with Crippen LogP contribution >= 0.6 is 0 Å². The predicted molar refractivity (Wildman–Crippen MR) is 478 cm³/mol. The predicted octanol–water partition coefficient (Wildman–Crippen LogP) is 0.545. The number of aromatic amines is 3. The van der Waals surface area contributed by atoms with Crippen LogP contribution in [-0.4, -0.2) is 217 Å². The van der Waals surface area contributed by atoms with Crippen LogP contribution in [-0.2, 0) is 81.6 Å². The fourth-order valence-corrected chi connectivity index (χ4v) is 13.9. The SMILES string of the molecule is CCCCCCCCCCCC(=O)N[C@H](CC(C)C)C(=O)N[C@@H](CCCN=C(N)N)C(=O)N[C@@H](Cc1cnc[nH]1)C(=O)N[C@H](CC(C)C)C(=O)N[C@H](CC(C)C)C(=O)N[C@@H](CCCN=C(N)N)C(=O)N[C@@H](Cc1cnc[nH]1)C(=O)N[C@H](CC(C)C)C(=O)N[C@H](CC(C)C)C(=O)N[C@@H](CCCN=C(N)N)C(=O)N[C@@H](Cc1cnc[nH]1)C(=O)N[C@H](CC(C)C)C(N)=O. The standard InChI is InChI=1S/C84H148N28O13/c1-14-15-16-17-18-19-20-21-22-29-69(113)101-61(34-49(4)5)74(118)102-57(26-23-30-95-82(86)87)71(115)111-67(40-55-43-93-46-99-55)80(124)108-64(37-52(10)11)77(121)107-63(36-51(8)9)76(120)104-59(28-25-32-97-84(90)91)73(117)112-68(41-56-44-94-47-100-56)81(125)109-65(38-53(12)13)78(122)106-62(35-50(6)7)75(119)103-58(27-24-31-96-83(88)89)72(116)110-66(39-54-42-92-45-98-54)79(123)105-60(70(85)114)33-48(2)3/h42-53,57-68H,14-41H2,1-13H3,(H2,85,114)(H,92,98)(H,93,99)(H,94,100)(H,101,113)(H,102,118)(H,103,119)(H,104,120)(H,105,123)(H,106,122)(H,107,121)(H,108,124)(H,109,125)(H,110,116)(H,111,115)(H,112,117)(H4,86,87,95)(H4,88,89,96)(H4,90,91,97)/t57-,58-,59-,60+,61+,62+,63+,64+,65+,66-,67-,68-/m0/s1. The molecule has 3 aromatic heterocycles. The number of guanidine groups is 3. The van der Waals surface area contributed by atoms with Crippen LogP contribution in [0.25, 0.3) is 0 Å². The number of rotatable bonds is 64. The van der Waals surface area contributed by atoms with E-state index in [9.17, 15) is 47.9 Å². The lowest BCUT2D eigenvalue weighted by atomic mass is 9.98. The first-order valence-electron chi connectivity index (χ1n) is 44.2. The number of hydrogen-bond acceptors (Lipinski definition) is 19. The van der Waals surface area contributed by atoms with E-state index >= 15 is 14.4 Å². The Morgan fingerprint density at radius 1 is 0.288 bits per heavy atom. The number of aliphatic imine (C=N–C) groups is 3. The van der Waals surface area contributed by atoms with Crippen LogP contribution in [0.15, 0.2) is 52.5 Å². The molecule has 3 rings (SSSR count). The Morgan fingerprint density at radius 2 is 0.504 bits per heavy atom. The zero-order valence-electron chi connectivity index (χ0n) is 75.7. The topological polar surface area (TPSA) is 672 Å². The number of nitrogens with two attached hydrogens (primary N) is 7. The number of hydrogen-bond donors (Lipinski definition) is 22. The van der Waals surface area contributed by atoms with Crippen molar-refractivity contribution in [3.05, 3.63) is 54.7 Å². The molecular weight excluding hydrogens is 1610 g/mol. The Morgan fingerprint density at radius 3 is 0.744 bits per heavy atom. The van der Waals surface area contributed by atoms with Crippen molar-refractivity contribution in [1.29, 1.82) is 0 Å².